The van der Waals surface area contributed by atoms with Crippen molar-refractivity contribution >= 4 is 19.1 Å². The molecule has 7 heteroatoms. The van der Waals surface area contributed by atoms with E-state index in [2.05, 4.69) is 31.5 Å². The van der Waals surface area contributed by atoms with E-state index < -0.39 is 31.4 Å². The highest BCUT2D eigenvalue weighted by atomic mass is 31.2. The number of ether oxygens (including phenoxy) is 1. The third-order valence-electron chi connectivity index (χ3n) is 3.87. The molecule has 2 fully saturated rings. The summed E-state index contributed by atoms with van der Waals surface area (Å²) in [4.78, 5) is 13.0. The summed E-state index contributed by atoms with van der Waals surface area (Å²) in [7, 11) is 0. The van der Waals surface area contributed by atoms with Crippen LogP contribution in [0.3, 0.4) is 0 Å². The second-order valence-corrected chi connectivity index (χ2v) is 10.8. The summed E-state index contributed by atoms with van der Waals surface area (Å²) in [5, 5.41) is 23.0. The Kier molecular flexibility index (Phi) is 4.83. The Morgan fingerprint density at radius 3 is 2.67 bits per heavy atom. The molecule has 1 amide bonds. The van der Waals surface area contributed by atoms with Gasteiger partial charge in [0, 0.05) is 13.0 Å². The van der Waals surface area contributed by atoms with Crippen molar-refractivity contribution in [1.82, 2.24) is 10.2 Å². The first kappa shape index (κ1) is 16.6. The van der Waals surface area contributed by atoms with Gasteiger partial charge in [0.15, 0.2) is 6.23 Å². The molecule has 0 aromatic rings. The fraction of sp³-hybridized carbons (Fsp3) is 0.714. The maximum Gasteiger partial charge on any atom is 0.227 e. The number of aliphatic hydroxyl groups is 2. The molecule has 2 aliphatic heterocycles. The van der Waals surface area contributed by atoms with Gasteiger partial charge in [0.2, 0.25) is 5.91 Å². The number of nitrogens with one attached hydrogen (secondary N) is 1. The van der Waals surface area contributed by atoms with E-state index in [1.165, 1.54) is 0 Å². The van der Waals surface area contributed by atoms with Gasteiger partial charge in [0.1, 0.15) is 18.0 Å². The SMILES string of the molecule is C=C1NC(=O)CCN1C1O[C@H](CCP(=C)(C)C)[C@@H](O)[C@H]1O. The maximum absolute atomic E-state index is 11.3. The number of carbonyl (C=O) groups is 1. The number of hydrogen-bond acceptors (Lipinski definition) is 5. The van der Waals surface area contributed by atoms with Crippen LogP contribution in [0.5, 0.6) is 0 Å². The molecule has 2 heterocycles. The fourth-order valence-electron chi connectivity index (χ4n) is 2.64. The van der Waals surface area contributed by atoms with Gasteiger partial charge in [-0.25, -0.2) is 0 Å². The highest BCUT2D eigenvalue weighted by molar-refractivity contribution is 7.72. The molecule has 0 spiro atoms. The lowest BCUT2D eigenvalue weighted by atomic mass is 10.1. The van der Waals surface area contributed by atoms with Crippen LogP contribution in [0.2, 0.25) is 0 Å². The summed E-state index contributed by atoms with van der Waals surface area (Å²) in [5.41, 5.74) is 0. The Bertz CT molecular complexity index is 476. The van der Waals surface area contributed by atoms with Crippen LogP contribution in [-0.2, 0) is 9.53 Å². The zero-order valence-electron chi connectivity index (χ0n) is 12.7. The Balaban J connectivity index is 2.01. The molecule has 1 unspecified atom stereocenters. The van der Waals surface area contributed by atoms with Crippen molar-refractivity contribution in [2.75, 3.05) is 26.0 Å². The first-order valence-corrected chi connectivity index (χ1v) is 10.2. The average molecular weight is 316 g/mol. The highest BCUT2D eigenvalue weighted by Gasteiger charge is 2.46. The van der Waals surface area contributed by atoms with Gasteiger partial charge >= 0.3 is 0 Å². The monoisotopic (exact) mass is 316 g/mol. The molecule has 3 N–H and O–H groups in total. The number of carbonyl (C=O) groups excluding carboxylic acids is 1. The van der Waals surface area contributed by atoms with E-state index in [9.17, 15) is 15.0 Å². The Labute approximate surface area is 125 Å². The van der Waals surface area contributed by atoms with Crippen molar-refractivity contribution in [2.45, 2.75) is 37.4 Å². The third kappa shape index (κ3) is 3.89. The third-order valence-corrected chi connectivity index (χ3v) is 5.34. The van der Waals surface area contributed by atoms with Crippen LogP contribution in [0.1, 0.15) is 12.8 Å². The first-order valence-electron chi connectivity index (χ1n) is 7.13. The van der Waals surface area contributed by atoms with Gasteiger partial charge < -0.3 is 25.2 Å². The van der Waals surface area contributed by atoms with Crippen molar-refractivity contribution in [3.05, 3.63) is 12.4 Å². The van der Waals surface area contributed by atoms with Crippen molar-refractivity contribution < 1.29 is 19.7 Å². The van der Waals surface area contributed by atoms with E-state index in [0.29, 0.717) is 25.2 Å². The van der Waals surface area contributed by atoms with Crippen LogP contribution in [0.25, 0.3) is 0 Å². The Morgan fingerprint density at radius 1 is 1.43 bits per heavy atom. The van der Waals surface area contributed by atoms with E-state index in [4.69, 9.17) is 4.74 Å². The molecule has 0 aliphatic carbocycles. The predicted molar refractivity (Wildman–Crippen MR) is 84.7 cm³/mol. The van der Waals surface area contributed by atoms with Crippen LogP contribution >= 0.6 is 6.89 Å². The molecule has 2 aliphatic rings. The molecule has 0 aromatic carbocycles. The summed E-state index contributed by atoms with van der Waals surface area (Å²) in [6, 6.07) is 0. The second-order valence-electron chi connectivity index (χ2n) is 6.43. The number of nitrogens with zero attached hydrogens (tertiary/aromatic N) is 1. The van der Waals surface area contributed by atoms with E-state index >= 15 is 0 Å². The zero-order chi connectivity index (χ0) is 15.8. The lowest BCUT2D eigenvalue weighted by Crippen LogP contribution is -2.51. The minimum atomic E-state index is -1.20. The molecule has 0 radical (unpaired) electrons. The molecule has 2 rings (SSSR count). The van der Waals surface area contributed by atoms with Crippen molar-refractivity contribution in [3.8, 4) is 0 Å². The molecule has 0 aromatic heterocycles. The first-order chi connectivity index (χ1) is 9.69. The molecule has 4 atom stereocenters. The molecule has 21 heavy (non-hydrogen) atoms. The predicted octanol–water partition coefficient (Wildman–Crippen LogP) is -0.174. The topological polar surface area (TPSA) is 82.0 Å². The lowest BCUT2D eigenvalue weighted by Gasteiger charge is -2.36. The van der Waals surface area contributed by atoms with Crippen molar-refractivity contribution in [2.24, 2.45) is 0 Å². The van der Waals surface area contributed by atoms with Gasteiger partial charge in [-0.1, -0.05) is 6.58 Å². The molecule has 0 bridgehead atoms. The van der Waals surface area contributed by atoms with Gasteiger partial charge in [-0.3, -0.25) is 4.79 Å². The van der Waals surface area contributed by atoms with Crippen LogP contribution in [0.15, 0.2) is 12.4 Å². The van der Waals surface area contributed by atoms with Crippen LogP contribution in [-0.4, -0.2) is 77.9 Å². The summed E-state index contributed by atoms with van der Waals surface area (Å²) in [5.74, 6) is 0.317. The van der Waals surface area contributed by atoms with Gasteiger partial charge in [-0.2, -0.15) is 0 Å². The smallest absolute Gasteiger partial charge is 0.227 e. The van der Waals surface area contributed by atoms with Gasteiger partial charge in [0.05, 0.1) is 6.10 Å². The van der Waals surface area contributed by atoms with Gasteiger partial charge in [-0.15, -0.1) is 13.2 Å². The quantitative estimate of drug-likeness (QED) is 0.627. The van der Waals surface area contributed by atoms with E-state index in [1.807, 2.05) is 0 Å². The van der Waals surface area contributed by atoms with Crippen LogP contribution in [0.4, 0.5) is 0 Å². The molecule has 0 saturated carbocycles. The van der Waals surface area contributed by atoms with E-state index in [1.54, 1.807) is 4.90 Å². The van der Waals surface area contributed by atoms with Gasteiger partial charge in [0.25, 0.3) is 0 Å². The standard InChI is InChI=1S/C14H25N2O4P/c1-9-15-11(17)5-7-16(9)14-13(19)12(18)10(20-14)6-8-21(2,3)4/h10,12-14,18-19H,1-2,5-8H2,3-4H3,(H,15,17)/t10-,12-,13-,14?/m1/s1. The zero-order valence-corrected chi connectivity index (χ0v) is 13.6. The van der Waals surface area contributed by atoms with E-state index in [-0.39, 0.29) is 5.91 Å². The summed E-state index contributed by atoms with van der Waals surface area (Å²) in [6.07, 6.45) is 3.04. The Morgan fingerprint density at radius 2 is 2.10 bits per heavy atom. The highest BCUT2D eigenvalue weighted by Crippen LogP contribution is 2.38. The normalized spacial score (nSPS) is 34.2. The number of aliphatic hydroxyl groups excluding tert-OH is 2. The summed E-state index contributed by atoms with van der Waals surface area (Å²) in [6.45, 7) is 7.27. The van der Waals surface area contributed by atoms with Crippen LogP contribution < -0.4 is 5.32 Å². The fourth-order valence-corrected chi connectivity index (χ4v) is 3.59. The molecular formula is C14H25N2O4P. The molecule has 6 nitrogen and oxygen atoms in total. The minimum absolute atomic E-state index is 0.0931. The lowest BCUT2D eigenvalue weighted by molar-refractivity contribution is -0.128. The average Bonchev–Trinajstić information content (AvgIpc) is 2.64. The number of hydrogen-bond donors (Lipinski definition) is 3. The van der Waals surface area contributed by atoms with Crippen molar-refractivity contribution in [3.63, 3.8) is 0 Å². The molecule has 2 saturated heterocycles. The Hall–Kier alpha value is -0.810. The largest absolute Gasteiger partial charge is 0.388 e. The second kappa shape index (κ2) is 6.13. The maximum atomic E-state index is 11.3. The van der Waals surface area contributed by atoms with Crippen LogP contribution in [0, 0.1) is 0 Å². The minimum Gasteiger partial charge on any atom is -0.388 e. The van der Waals surface area contributed by atoms with Crippen molar-refractivity contribution in [1.29, 1.82) is 0 Å². The summed E-state index contributed by atoms with van der Waals surface area (Å²) < 4.78 is 5.83. The summed E-state index contributed by atoms with van der Waals surface area (Å²) >= 11 is 0. The molecular weight excluding hydrogens is 291 g/mol. The van der Waals surface area contributed by atoms with E-state index in [0.717, 1.165) is 6.16 Å². The molecule has 120 valence electrons. The number of amides is 1. The van der Waals surface area contributed by atoms with Gasteiger partial charge in [-0.05, 0) is 25.9 Å². The number of rotatable bonds is 4.